The Morgan fingerprint density at radius 2 is 1.75 bits per heavy atom. The van der Waals surface area contributed by atoms with Crippen LogP contribution >= 0.6 is 0 Å². The maximum absolute atomic E-state index is 5.74. The van der Waals surface area contributed by atoms with Crippen molar-refractivity contribution in [2.24, 2.45) is 0 Å². The summed E-state index contributed by atoms with van der Waals surface area (Å²) in [4.78, 5) is 7.84. The van der Waals surface area contributed by atoms with Crippen LogP contribution < -0.4 is 11.5 Å². The van der Waals surface area contributed by atoms with Crippen molar-refractivity contribution in [1.82, 2.24) is 9.97 Å². The topological polar surface area (TPSA) is 109 Å². The van der Waals surface area contributed by atoms with E-state index in [0.717, 1.165) is 12.0 Å². The van der Waals surface area contributed by atoms with E-state index >= 15 is 0 Å². The van der Waals surface area contributed by atoms with Gasteiger partial charge >= 0.3 is 0 Å². The molecule has 5 nitrogen and oxygen atoms in total. The van der Waals surface area contributed by atoms with Gasteiger partial charge in [0.05, 0.1) is 0 Å². The van der Waals surface area contributed by atoms with E-state index in [4.69, 9.17) is 11.5 Å². The predicted octanol–water partition coefficient (Wildman–Crippen LogP) is 0.407. The highest BCUT2D eigenvalue weighted by Crippen LogP contribution is 2.13. The molecule has 84 valence electrons. The van der Waals surface area contributed by atoms with E-state index in [1.165, 1.54) is 5.56 Å². The van der Waals surface area contributed by atoms with Gasteiger partial charge in [-0.2, -0.15) is 4.98 Å². The van der Waals surface area contributed by atoms with E-state index in [2.05, 4.69) is 9.97 Å². The predicted molar refractivity (Wildman–Crippen MR) is 63.7 cm³/mol. The van der Waals surface area contributed by atoms with Crippen LogP contribution in [0.3, 0.4) is 0 Å². The molecule has 0 aliphatic rings. The number of nitrogen functional groups attached to an aromatic ring is 2. The van der Waals surface area contributed by atoms with Crippen LogP contribution in [0, 0.1) is 0 Å². The lowest BCUT2D eigenvalue weighted by Gasteiger charge is -2.04. The zero-order valence-electron chi connectivity index (χ0n) is 8.72. The minimum Gasteiger partial charge on any atom is -0.412 e. The zero-order chi connectivity index (χ0) is 10.7. The van der Waals surface area contributed by atoms with Crippen LogP contribution in [0.5, 0.6) is 0 Å². The van der Waals surface area contributed by atoms with Gasteiger partial charge in [-0.05, 0) is 5.56 Å². The Labute approximate surface area is 93.5 Å². The maximum atomic E-state index is 5.74. The third kappa shape index (κ3) is 2.68. The van der Waals surface area contributed by atoms with Gasteiger partial charge in [0.15, 0.2) is 0 Å². The molecule has 0 unspecified atom stereocenters. The van der Waals surface area contributed by atoms with Gasteiger partial charge in [-0.3, -0.25) is 0 Å². The fraction of sp³-hybridized carbons (Fsp3) is 0.0909. The molecule has 0 radical (unpaired) electrons. The van der Waals surface area contributed by atoms with Crippen molar-refractivity contribution < 1.29 is 5.48 Å². The molecule has 0 fully saturated rings. The molecular weight excluding hydrogens is 204 g/mol. The molecule has 1 aromatic heterocycles. The summed E-state index contributed by atoms with van der Waals surface area (Å²) >= 11 is 0. The van der Waals surface area contributed by atoms with Crippen molar-refractivity contribution in [3.63, 3.8) is 0 Å². The summed E-state index contributed by atoms with van der Waals surface area (Å²) in [5, 5.41) is 0. The van der Waals surface area contributed by atoms with E-state index in [1.54, 1.807) is 6.20 Å². The quantitative estimate of drug-likeness (QED) is 0.760. The van der Waals surface area contributed by atoms with Crippen LogP contribution in [0.4, 0.5) is 11.8 Å². The van der Waals surface area contributed by atoms with Crippen LogP contribution in [-0.2, 0) is 6.42 Å². The smallest absolute Gasteiger partial charge is 0.221 e. The minimum atomic E-state index is 0. The monoisotopic (exact) mass is 218 g/mol. The van der Waals surface area contributed by atoms with E-state index < -0.39 is 0 Å². The summed E-state index contributed by atoms with van der Waals surface area (Å²) in [5.41, 5.74) is 13.2. The van der Waals surface area contributed by atoms with Crippen LogP contribution in [0.15, 0.2) is 36.5 Å². The fourth-order valence-corrected chi connectivity index (χ4v) is 1.39. The Hall–Kier alpha value is -2.14. The molecule has 1 aromatic carbocycles. The summed E-state index contributed by atoms with van der Waals surface area (Å²) in [7, 11) is 0. The van der Waals surface area contributed by atoms with E-state index in [-0.39, 0.29) is 11.4 Å². The van der Waals surface area contributed by atoms with Crippen LogP contribution in [-0.4, -0.2) is 15.4 Å². The van der Waals surface area contributed by atoms with E-state index in [9.17, 15) is 0 Å². The van der Waals surface area contributed by atoms with Crippen molar-refractivity contribution in [1.29, 1.82) is 0 Å². The van der Waals surface area contributed by atoms with Crippen molar-refractivity contribution in [3.8, 4) is 0 Å². The Morgan fingerprint density at radius 3 is 2.38 bits per heavy atom. The minimum absolute atomic E-state index is 0. The Morgan fingerprint density at radius 1 is 1.06 bits per heavy atom. The SMILES string of the molecule is Nc1ncc(Cc2ccccc2)c(N)n1.O. The maximum Gasteiger partial charge on any atom is 0.221 e. The second kappa shape index (κ2) is 5.09. The standard InChI is InChI=1S/C11H12N4.H2O/c12-10-9(7-14-11(13)15-10)6-8-4-2-1-3-5-8;/h1-5,7H,6H2,(H4,12,13,14,15);1H2. The molecule has 2 rings (SSSR count). The summed E-state index contributed by atoms with van der Waals surface area (Å²) in [6.45, 7) is 0. The number of hydrogen-bond donors (Lipinski definition) is 2. The average Bonchev–Trinajstić information content (AvgIpc) is 2.24. The largest absolute Gasteiger partial charge is 0.412 e. The molecule has 6 N–H and O–H groups in total. The van der Waals surface area contributed by atoms with Crippen LogP contribution in [0.2, 0.25) is 0 Å². The molecule has 0 amide bonds. The molecule has 2 aromatic rings. The van der Waals surface area contributed by atoms with Gasteiger partial charge in [-0.15, -0.1) is 0 Å². The third-order valence-corrected chi connectivity index (χ3v) is 2.15. The van der Waals surface area contributed by atoms with Crippen LogP contribution in [0.25, 0.3) is 0 Å². The molecular formula is C11H14N4O. The first kappa shape index (κ1) is 11.9. The summed E-state index contributed by atoms with van der Waals surface area (Å²) in [6.07, 6.45) is 2.40. The summed E-state index contributed by atoms with van der Waals surface area (Å²) in [5.74, 6) is 0.663. The van der Waals surface area contributed by atoms with Crippen molar-refractivity contribution in [3.05, 3.63) is 47.7 Å². The zero-order valence-corrected chi connectivity index (χ0v) is 8.72. The molecule has 1 heterocycles. The Balaban J connectivity index is 0.00000128. The molecule has 0 aliphatic heterocycles. The van der Waals surface area contributed by atoms with Crippen molar-refractivity contribution in [2.75, 3.05) is 11.5 Å². The number of anilines is 2. The Bertz CT molecular complexity index is 459. The fourth-order valence-electron chi connectivity index (χ4n) is 1.39. The second-order valence-corrected chi connectivity index (χ2v) is 3.30. The lowest BCUT2D eigenvalue weighted by molar-refractivity contribution is 0.824. The highest BCUT2D eigenvalue weighted by molar-refractivity contribution is 5.43. The van der Waals surface area contributed by atoms with Gasteiger partial charge in [-0.25, -0.2) is 4.98 Å². The molecule has 0 atom stereocenters. The van der Waals surface area contributed by atoms with Gasteiger partial charge in [0.1, 0.15) is 5.82 Å². The van der Waals surface area contributed by atoms with E-state index in [0.29, 0.717) is 5.82 Å². The van der Waals surface area contributed by atoms with Gasteiger partial charge in [0, 0.05) is 18.2 Å². The second-order valence-electron chi connectivity index (χ2n) is 3.30. The first-order chi connectivity index (χ1) is 7.25. The average molecular weight is 218 g/mol. The normalized spacial score (nSPS) is 9.50. The summed E-state index contributed by atoms with van der Waals surface area (Å²) in [6, 6.07) is 10.0. The van der Waals surface area contributed by atoms with Gasteiger partial charge < -0.3 is 16.9 Å². The number of nitrogens with two attached hydrogens (primary N) is 2. The van der Waals surface area contributed by atoms with Crippen molar-refractivity contribution in [2.45, 2.75) is 6.42 Å². The number of hydrogen-bond acceptors (Lipinski definition) is 4. The summed E-state index contributed by atoms with van der Waals surface area (Å²) < 4.78 is 0. The lowest BCUT2D eigenvalue weighted by Crippen LogP contribution is -2.03. The molecule has 0 aliphatic carbocycles. The molecule has 16 heavy (non-hydrogen) atoms. The Kier molecular flexibility index (Phi) is 3.79. The van der Waals surface area contributed by atoms with Gasteiger partial charge in [-0.1, -0.05) is 30.3 Å². The number of rotatable bonds is 2. The molecule has 5 heteroatoms. The highest BCUT2D eigenvalue weighted by Gasteiger charge is 2.02. The number of benzene rings is 1. The molecule has 0 bridgehead atoms. The lowest BCUT2D eigenvalue weighted by atomic mass is 10.1. The molecule has 0 saturated carbocycles. The van der Waals surface area contributed by atoms with Gasteiger partial charge in [0.25, 0.3) is 0 Å². The molecule has 0 spiro atoms. The molecule has 0 saturated heterocycles. The third-order valence-electron chi connectivity index (χ3n) is 2.15. The van der Waals surface area contributed by atoms with Crippen LogP contribution in [0.1, 0.15) is 11.1 Å². The first-order valence-corrected chi connectivity index (χ1v) is 4.66. The highest BCUT2D eigenvalue weighted by atomic mass is 16.0. The number of nitrogens with zero attached hydrogens (tertiary/aromatic N) is 2. The van der Waals surface area contributed by atoms with E-state index in [1.807, 2.05) is 30.3 Å². The van der Waals surface area contributed by atoms with Gasteiger partial charge in [0.2, 0.25) is 5.95 Å². The first-order valence-electron chi connectivity index (χ1n) is 4.66. The number of aromatic nitrogens is 2. The van der Waals surface area contributed by atoms with Crippen molar-refractivity contribution >= 4 is 11.8 Å².